The van der Waals surface area contributed by atoms with Crippen molar-refractivity contribution in [2.24, 2.45) is 0 Å². The smallest absolute Gasteiger partial charge is 0.330 e. The van der Waals surface area contributed by atoms with Crippen LogP contribution >= 0.6 is 0 Å². The zero-order valence-corrected chi connectivity index (χ0v) is 17.1. The summed E-state index contributed by atoms with van der Waals surface area (Å²) in [5.74, 6) is 0.501. The van der Waals surface area contributed by atoms with E-state index in [0.717, 1.165) is 11.8 Å². The largest absolute Gasteiger partial charge is 0.425 e. The Bertz CT molecular complexity index is 1120. The first kappa shape index (κ1) is 20.8. The van der Waals surface area contributed by atoms with Gasteiger partial charge in [0.2, 0.25) is 0 Å². The molecule has 0 saturated carbocycles. The van der Waals surface area contributed by atoms with Crippen molar-refractivity contribution in [3.05, 3.63) is 66.2 Å². The number of hydrogen-bond acceptors (Lipinski definition) is 5. The minimum atomic E-state index is -4.27. The number of anilines is 1. The lowest BCUT2D eigenvalue weighted by molar-refractivity contribution is -0.132. The molecule has 0 aromatic heterocycles. The van der Waals surface area contributed by atoms with Crippen LogP contribution in [0.15, 0.2) is 65.6 Å². The monoisotopic (exact) mass is 413 g/mol. The van der Waals surface area contributed by atoms with Gasteiger partial charge in [-0.05, 0) is 53.6 Å². The third-order valence-corrected chi connectivity index (χ3v) is 5.72. The van der Waals surface area contributed by atoms with Gasteiger partial charge in [0.1, 0.15) is 12.3 Å². The minimum absolute atomic E-state index is 0.0493. The Hall–Kier alpha value is -2.90. The van der Waals surface area contributed by atoms with Gasteiger partial charge in [0.05, 0.1) is 4.90 Å². The summed E-state index contributed by atoms with van der Waals surface area (Å²) in [6.07, 6.45) is 1.04. The molecule has 152 valence electrons. The lowest BCUT2D eigenvalue weighted by Crippen LogP contribution is -2.19. The highest BCUT2D eigenvalue weighted by atomic mass is 32.2. The van der Waals surface area contributed by atoms with E-state index in [1.54, 1.807) is 36.4 Å². The quantitative estimate of drug-likeness (QED) is 0.334. The standard InChI is InChI=1S/C22H23NO5S/c1-3-15(2)16-7-9-18(10-8-16)28-22(24)14-23-21-6-4-5-17-13-19(29(25,26)27)11-12-20(17)21/h4-13,15,23H,3,14H2,1-2H3,(H,25,26,27). The van der Waals surface area contributed by atoms with Crippen LogP contribution in [0.2, 0.25) is 0 Å². The van der Waals surface area contributed by atoms with Crippen LogP contribution in [0.5, 0.6) is 5.75 Å². The molecular formula is C22H23NO5S. The van der Waals surface area contributed by atoms with Crippen molar-refractivity contribution >= 4 is 32.5 Å². The van der Waals surface area contributed by atoms with Crippen LogP contribution in [-0.4, -0.2) is 25.5 Å². The maximum Gasteiger partial charge on any atom is 0.330 e. The molecule has 1 atom stereocenters. The van der Waals surface area contributed by atoms with E-state index in [0.29, 0.717) is 22.7 Å². The maximum atomic E-state index is 12.2. The molecule has 3 aromatic rings. The zero-order valence-electron chi connectivity index (χ0n) is 16.3. The van der Waals surface area contributed by atoms with Crippen molar-refractivity contribution in [3.8, 4) is 5.75 Å². The fourth-order valence-electron chi connectivity index (χ4n) is 3.01. The summed E-state index contributed by atoms with van der Waals surface area (Å²) in [5, 5.41) is 4.37. The van der Waals surface area contributed by atoms with Crippen molar-refractivity contribution in [3.63, 3.8) is 0 Å². The maximum absolute atomic E-state index is 12.2. The van der Waals surface area contributed by atoms with E-state index in [9.17, 15) is 17.8 Å². The number of fused-ring (bicyclic) bond motifs is 1. The molecule has 3 aromatic carbocycles. The van der Waals surface area contributed by atoms with E-state index < -0.39 is 16.1 Å². The summed E-state index contributed by atoms with van der Waals surface area (Å²) < 4.78 is 37.2. The molecule has 7 heteroatoms. The summed E-state index contributed by atoms with van der Waals surface area (Å²) in [7, 11) is -4.27. The summed E-state index contributed by atoms with van der Waals surface area (Å²) >= 11 is 0. The van der Waals surface area contributed by atoms with Crippen LogP contribution < -0.4 is 10.1 Å². The first-order valence-electron chi connectivity index (χ1n) is 9.32. The van der Waals surface area contributed by atoms with Crippen LogP contribution in [0.4, 0.5) is 5.69 Å². The fourth-order valence-corrected chi connectivity index (χ4v) is 3.53. The number of rotatable bonds is 7. The lowest BCUT2D eigenvalue weighted by Gasteiger charge is -2.12. The normalized spacial score (nSPS) is 12.5. The molecule has 29 heavy (non-hydrogen) atoms. The van der Waals surface area contributed by atoms with Gasteiger partial charge >= 0.3 is 5.97 Å². The topological polar surface area (TPSA) is 92.7 Å². The van der Waals surface area contributed by atoms with Gasteiger partial charge in [-0.25, -0.2) is 4.79 Å². The lowest BCUT2D eigenvalue weighted by atomic mass is 9.99. The van der Waals surface area contributed by atoms with E-state index in [1.165, 1.54) is 17.7 Å². The van der Waals surface area contributed by atoms with Crippen LogP contribution in [-0.2, 0) is 14.9 Å². The molecule has 0 heterocycles. The number of carbonyl (C=O) groups is 1. The Balaban J connectivity index is 1.68. The average molecular weight is 413 g/mol. The van der Waals surface area contributed by atoms with E-state index in [-0.39, 0.29) is 11.4 Å². The molecule has 2 N–H and O–H groups in total. The molecule has 0 saturated heterocycles. The van der Waals surface area contributed by atoms with Gasteiger partial charge < -0.3 is 10.1 Å². The van der Waals surface area contributed by atoms with Crippen LogP contribution in [0.25, 0.3) is 10.8 Å². The Morgan fingerprint density at radius 2 is 1.83 bits per heavy atom. The van der Waals surface area contributed by atoms with Gasteiger partial charge in [-0.2, -0.15) is 8.42 Å². The first-order chi connectivity index (χ1) is 13.8. The van der Waals surface area contributed by atoms with Crippen LogP contribution in [0.3, 0.4) is 0 Å². The number of hydrogen-bond donors (Lipinski definition) is 2. The van der Waals surface area contributed by atoms with Gasteiger partial charge in [-0.15, -0.1) is 0 Å². The Morgan fingerprint density at radius 1 is 1.10 bits per heavy atom. The van der Waals surface area contributed by atoms with Gasteiger partial charge in [0.15, 0.2) is 0 Å². The van der Waals surface area contributed by atoms with Gasteiger partial charge in [-0.1, -0.05) is 44.2 Å². The molecule has 0 radical (unpaired) electrons. The molecule has 0 fully saturated rings. The summed E-state index contributed by atoms with van der Waals surface area (Å²) in [5.41, 5.74) is 1.86. The summed E-state index contributed by atoms with van der Waals surface area (Å²) in [6.45, 7) is 4.22. The number of ether oxygens (including phenoxy) is 1. The first-order valence-corrected chi connectivity index (χ1v) is 10.8. The van der Waals surface area contributed by atoms with Crippen molar-refractivity contribution in [2.75, 3.05) is 11.9 Å². The van der Waals surface area contributed by atoms with E-state index >= 15 is 0 Å². The predicted molar refractivity (Wildman–Crippen MR) is 113 cm³/mol. The second kappa shape index (κ2) is 8.63. The van der Waals surface area contributed by atoms with Gasteiger partial charge in [0, 0.05) is 11.1 Å². The Labute approximate surface area is 170 Å². The SMILES string of the molecule is CCC(C)c1ccc(OC(=O)CNc2cccc3cc(S(=O)(=O)O)ccc23)cc1. The molecule has 0 aliphatic rings. The van der Waals surface area contributed by atoms with Crippen molar-refractivity contribution in [2.45, 2.75) is 31.1 Å². The Morgan fingerprint density at radius 3 is 2.48 bits per heavy atom. The predicted octanol–water partition coefficient (Wildman–Crippen LogP) is 4.62. The number of carbonyl (C=O) groups excluding carboxylic acids is 1. The fraction of sp³-hybridized carbons (Fsp3) is 0.227. The molecule has 3 rings (SSSR count). The van der Waals surface area contributed by atoms with Crippen molar-refractivity contribution in [1.29, 1.82) is 0 Å². The molecule has 0 aliphatic carbocycles. The van der Waals surface area contributed by atoms with E-state index in [4.69, 9.17) is 4.74 Å². The third-order valence-electron chi connectivity index (χ3n) is 4.87. The van der Waals surface area contributed by atoms with Crippen LogP contribution in [0, 0.1) is 0 Å². The highest BCUT2D eigenvalue weighted by Crippen LogP contribution is 2.26. The molecule has 0 aliphatic heterocycles. The molecule has 6 nitrogen and oxygen atoms in total. The number of nitrogens with one attached hydrogen (secondary N) is 1. The third kappa shape index (κ3) is 5.13. The van der Waals surface area contributed by atoms with E-state index in [1.807, 2.05) is 12.1 Å². The van der Waals surface area contributed by atoms with Crippen molar-refractivity contribution in [1.82, 2.24) is 0 Å². The summed E-state index contributed by atoms with van der Waals surface area (Å²) in [4.78, 5) is 12.0. The number of benzene rings is 3. The number of esters is 1. The molecule has 1 unspecified atom stereocenters. The summed E-state index contributed by atoms with van der Waals surface area (Å²) in [6, 6.07) is 17.0. The highest BCUT2D eigenvalue weighted by Gasteiger charge is 2.12. The second-order valence-electron chi connectivity index (χ2n) is 6.87. The van der Waals surface area contributed by atoms with E-state index in [2.05, 4.69) is 19.2 Å². The van der Waals surface area contributed by atoms with Gasteiger partial charge in [0.25, 0.3) is 10.1 Å². The van der Waals surface area contributed by atoms with Gasteiger partial charge in [-0.3, -0.25) is 4.55 Å². The van der Waals surface area contributed by atoms with Crippen LogP contribution in [0.1, 0.15) is 31.7 Å². The molecule has 0 spiro atoms. The second-order valence-corrected chi connectivity index (χ2v) is 8.29. The molecule has 0 amide bonds. The zero-order chi connectivity index (χ0) is 21.0. The average Bonchev–Trinajstić information content (AvgIpc) is 2.71. The Kier molecular flexibility index (Phi) is 6.20. The highest BCUT2D eigenvalue weighted by molar-refractivity contribution is 7.85. The van der Waals surface area contributed by atoms with Crippen molar-refractivity contribution < 1.29 is 22.5 Å². The molecular weight excluding hydrogens is 390 g/mol. The minimum Gasteiger partial charge on any atom is -0.425 e. The molecule has 0 bridgehead atoms.